The average molecular weight is 187 g/mol. The number of benzene rings is 1. The summed E-state index contributed by atoms with van der Waals surface area (Å²) in [5.74, 6) is 0.0275. The first-order chi connectivity index (χ1) is 6.22. The van der Waals surface area contributed by atoms with Gasteiger partial charge in [0.25, 0.3) is 0 Å². The highest BCUT2D eigenvalue weighted by molar-refractivity contribution is 5.55. The highest BCUT2D eigenvalue weighted by atomic mass is 19.4. The summed E-state index contributed by atoms with van der Waals surface area (Å²) in [5, 5.41) is 0. The van der Waals surface area contributed by atoms with Crippen LogP contribution in [-0.2, 0) is 11.2 Å². The molecule has 1 rings (SSSR count). The van der Waals surface area contributed by atoms with Crippen LogP contribution in [-0.4, -0.2) is 11.8 Å². The number of hydrogen-bond donors (Lipinski definition) is 0. The molecule has 0 saturated carbocycles. The van der Waals surface area contributed by atoms with E-state index in [9.17, 15) is 13.8 Å². The van der Waals surface area contributed by atoms with E-state index < -0.39 is 5.51 Å². The van der Waals surface area contributed by atoms with Crippen molar-refractivity contribution in [1.29, 1.82) is 0 Å². The summed E-state index contributed by atoms with van der Waals surface area (Å²) < 4.78 is 23.0. The van der Waals surface area contributed by atoms with Crippen LogP contribution < -0.4 is 4.84 Å². The second-order valence-electron chi connectivity index (χ2n) is 2.31. The third-order valence-corrected chi connectivity index (χ3v) is 1.42. The summed E-state index contributed by atoms with van der Waals surface area (Å²) in [5.41, 5.74) is -0.624. The molecular weight excluding hydrogens is 180 g/mol. The van der Waals surface area contributed by atoms with Gasteiger partial charge < -0.3 is 9.63 Å². The van der Waals surface area contributed by atoms with Gasteiger partial charge in [0.2, 0.25) is 5.51 Å². The lowest BCUT2D eigenvalue weighted by Gasteiger charge is -2.02. The molecule has 0 fully saturated rings. The number of carbonyl (C=O) groups is 1. The molecular formula is C8H7F2NO2. The van der Waals surface area contributed by atoms with Crippen molar-refractivity contribution in [3.05, 3.63) is 29.8 Å². The molecule has 0 unspecified atom stereocenters. The molecule has 1 aromatic carbocycles. The molecule has 3 nitrogen and oxygen atoms in total. The lowest BCUT2D eigenvalue weighted by Crippen LogP contribution is -2.05. The monoisotopic (exact) mass is 187 g/mol. The van der Waals surface area contributed by atoms with E-state index in [0.717, 1.165) is 11.8 Å². The summed E-state index contributed by atoms with van der Waals surface area (Å²) in [4.78, 5) is 14.0. The Hall–Kier alpha value is -1.49. The van der Waals surface area contributed by atoms with E-state index in [0.29, 0.717) is 0 Å². The molecule has 0 aromatic heterocycles. The molecule has 0 amide bonds. The summed E-state index contributed by atoms with van der Waals surface area (Å²) in [6.07, 6.45) is 1.02. The fourth-order valence-electron chi connectivity index (χ4n) is 0.862. The number of nitrogens with zero attached hydrogens (tertiary/aromatic N) is 1. The molecule has 0 heterocycles. The van der Waals surface area contributed by atoms with E-state index in [4.69, 9.17) is 0 Å². The molecule has 5 heteroatoms. The fraction of sp³-hybridized carbons (Fsp3) is 0.125. The maximum absolute atomic E-state index is 11.5. The summed E-state index contributed by atoms with van der Waals surface area (Å²) >= 11 is 0. The summed E-state index contributed by atoms with van der Waals surface area (Å²) in [6.45, 7) is 0. The fourth-order valence-corrected chi connectivity index (χ4v) is 0.862. The molecule has 0 radical (unpaired) electrons. The molecule has 0 spiro atoms. The largest absolute Gasteiger partial charge is 0.350 e. The van der Waals surface area contributed by atoms with Crippen molar-refractivity contribution in [1.82, 2.24) is 5.51 Å². The minimum atomic E-state index is -1.38. The first-order valence-electron chi connectivity index (χ1n) is 3.54. The molecule has 1 aromatic rings. The van der Waals surface area contributed by atoms with Gasteiger partial charge >= 0.3 is 0 Å². The number of carbonyl (C=O) groups excluding carboxylic acids is 1. The Balaban J connectivity index is 2.63. The minimum absolute atomic E-state index is 0.0275. The molecule has 0 saturated heterocycles. The molecule has 0 N–H and O–H groups in total. The van der Waals surface area contributed by atoms with Gasteiger partial charge in [0.1, 0.15) is 6.29 Å². The highest BCUT2D eigenvalue weighted by Gasteiger charge is 2.01. The van der Waals surface area contributed by atoms with Gasteiger partial charge in [-0.15, -0.1) is 0 Å². The Morgan fingerprint density at radius 3 is 2.38 bits per heavy atom. The van der Waals surface area contributed by atoms with Crippen LogP contribution in [0.15, 0.2) is 24.3 Å². The number of hydrogen-bond acceptors (Lipinski definition) is 3. The van der Waals surface area contributed by atoms with E-state index in [1.165, 1.54) is 12.1 Å². The van der Waals surface area contributed by atoms with Crippen molar-refractivity contribution in [2.75, 3.05) is 0 Å². The Kier molecular flexibility index (Phi) is 3.33. The number of aldehydes is 1. The van der Waals surface area contributed by atoms with Crippen LogP contribution >= 0.6 is 0 Å². The van der Waals surface area contributed by atoms with Crippen molar-refractivity contribution in [2.45, 2.75) is 6.42 Å². The summed E-state index contributed by atoms with van der Waals surface area (Å²) in [6, 6.07) is 5.83. The molecule has 0 aliphatic heterocycles. The van der Waals surface area contributed by atoms with E-state index >= 15 is 0 Å². The van der Waals surface area contributed by atoms with E-state index in [1.54, 1.807) is 12.1 Å². The number of halogens is 2. The van der Waals surface area contributed by atoms with E-state index in [-0.39, 0.29) is 12.2 Å². The maximum atomic E-state index is 11.5. The van der Waals surface area contributed by atoms with Crippen LogP contribution in [0.1, 0.15) is 5.56 Å². The smallest absolute Gasteiger partial charge is 0.210 e. The van der Waals surface area contributed by atoms with Gasteiger partial charge in [0, 0.05) is 6.42 Å². The van der Waals surface area contributed by atoms with Crippen molar-refractivity contribution >= 4 is 6.29 Å². The Labute approximate surface area is 73.4 Å². The molecule has 0 atom stereocenters. The van der Waals surface area contributed by atoms with Gasteiger partial charge in [0.15, 0.2) is 5.75 Å². The second-order valence-corrected chi connectivity index (χ2v) is 2.31. The van der Waals surface area contributed by atoms with Gasteiger partial charge in [-0.05, 0) is 17.7 Å². The standard InChI is InChI=1S/C8H7F2NO2/c9-11(10)13-8-3-1-7(2-4-8)5-6-12/h1-4,6H,5H2. The number of rotatable bonds is 4. The van der Waals surface area contributed by atoms with Gasteiger partial charge in [-0.25, -0.2) is 0 Å². The first-order valence-corrected chi connectivity index (χ1v) is 3.54. The molecule has 0 aliphatic rings. The minimum Gasteiger partial charge on any atom is -0.350 e. The zero-order chi connectivity index (χ0) is 9.68. The van der Waals surface area contributed by atoms with Crippen LogP contribution in [0.5, 0.6) is 5.75 Å². The van der Waals surface area contributed by atoms with Crippen molar-refractivity contribution in [3.63, 3.8) is 0 Å². The Morgan fingerprint density at radius 1 is 1.31 bits per heavy atom. The van der Waals surface area contributed by atoms with Crippen molar-refractivity contribution in [2.24, 2.45) is 0 Å². The summed E-state index contributed by atoms with van der Waals surface area (Å²) in [7, 11) is 0. The van der Waals surface area contributed by atoms with Gasteiger partial charge in [0.05, 0.1) is 0 Å². The predicted octanol–water partition coefficient (Wildman–Crippen LogP) is 1.79. The average Bonchev–Trinajstić information content (AvgIpc) is 2.08. The van der Waals surface area contributed by atoms with Gasteiger partial charge in [-0.2, -0.15) is 0 Å². The van der Waals surface area contributed by atoms with Crippen LogP contribution in [0.25, 0.3) is 0 Å². The van der Waals surface area contributed by atoms with E-state index in [1.807, 2.05) is 0 Å². The maximum Gasteiger partial charge on any atom is 0.210 e. The van der Waals surface area contributed by atoms with Crippen LogP contribution in [0.4, 0.5) is 8.96 Å². The predicted molar refractivity (Wildman–Crippen MR) is 40.9 cm³/mol. The Morgan fingerprint density at radius 2 is 1.92 bits per heavy atom. The third kappa shape index (κ3) is 3.16. The quantitative estimate of drug-likeness (QED) is 0.409. The second kappa shape index (κ2) is 4.51. The topological polar surface area (TPSA) is 29.5 Å². The lowest BCUT2D eigenvalue weighted by atomic mass is 10.2. The molecule has 13 heavy (non-hydrogen) atoms. The Bertz CT molecular complexity index is 274. The molecule has 70 valence electrons. The van der Waals surface area contributed by atoms with Crippen molar-refractivity contribution in [3.8, 4) is 5.75 Å². The van der Waals surface area contributed by atoms with Crippen molar-refractivity contribution < 1.29 is 18.6 Å². The third-order valence-electron chi connectivity index (χ3n) is 1.42. The van der Waals surface area contributed by atoms with Crippen LogP contribution in [0.3, 0.4) is 0 Å². The lowest BCUT2D eigenvalue weighted by molar-refractivity contribution is -0.337. The first kappa shape index (κ1) is 9.60. The van der Waals surface area contributed by atoms with Crippen LogP contribution in [0, 0.1) is 0 Å². The van der Waals surface area contributed by atoms with Gasteiger partial charge in [-0.3, -0.25) is 0 Å². The zero-order valence-electron chi connectivity index (χ0n) is 6.61. The van der Waals surface area contributed by atoms with Gasteiger partial charge in [-0.1, -0.05) is 21.1 Å². The van der Waals surface area contributed by atoms with E-state index in [2.05, 4.69) is 4.84 Å². The normalized spacial score (nSPS) is 10.1. The molecule has 0 bridgehead atoms. The SMILES string of the molecule is O=CCc1ccc(ON(F)F)cc1. The molecule has 0 aliphatic carbocycles. The zero-order valence-corrected chi connectivity index (χ0v) is 6.61. The highest BCUT2D eigenvalue weighted by Crippen LogP contribution is 2.13. The van der Waals surface area contributed by atoms with Crippen LogP contribution in [0.2, 0.25) is 0 Å².